The molecule has 0 spiro atoms. The van der Waals surface area contributed by atoms with Gasteiger partial charge in [-0.3, -0.25) is 14.7 Å². The van der Waals surface area contributed by atoms with Crippen molar-refractivity contribution in [2.75, 3.05) is 29.9 Å². The highest BCUT2D eigenvalue weighted by Crippen LogP contribution is 2.31. The first-order chi connectivity index (χ1) is 15.7. The molecule has 0 saturated heterocycles. The van der Waals surface area contributed by atoms with Crippen LogP contribution in [0.2, 0.25) is 0 Å². The van der Waals surface area contributed by atoms with Crippen molar-refractivity contribution in [1.82, 2.24) is 15.0 Å². The van der Waals surface area contributed by atoms with E-state index in [1.165, 1.54) is 5.56 Å². The zero-order valence-electron chi connectivity index (χ0n) is 17.8. The first kappa shape index (κ1) is 20.5. The van der Waals surface area contributed by atoms with Gasteiger partial charge < -0.3 is 4.90 Å². The van der Waals surface area contributed by atoms with Crippen LogP contribution in [0.25, 0.3) is 11.0 Å². The van der Waals surface area contributed by atoms with Crippen LogP contribution < -0.4 is 9.80 Å². The number of thioether (sulfide) groups is 1. The van der Waals surface area contributed by atoms with Crippen LogP contribution in [0.4, 0.5) is 11.6 Å². The monoisotopic (exact) mass is 441 g/mol. The molecule has 160 valence electrons. The highest BCUT2D eigenvalue weighted by Gasteiger charge is 2.27. The molecule has 0 atom stereocenters. The average molecular weight is 442 g/mol. The minimum Gasteiger partial charge on any atom is -0.357 e. The van der Waals surface area contributed by atoms with E-state index in [-0.39, 0.29) is 5.91 Å². The molecule has 5 rings (SSSR count). The molecule has 0 fully saturated rings. The Morgan fingerprint density at radius 2 is 1.69 bits per heavy atom. The van der Waals surface area contributed by atoms with Crippen LogP contribution >= 0.6 is 11.8 Å². The number of hydrogen-bond acceptors (Lipinski definition) is 6. The van der Waals surface area contributed by atoms with Crippen molar-refractivity contribution in [1.29, 1.82) is 0 Å². The summed E-state index contributed by atoms with van der Waals surface area (Å²) in [4.78, 5) is 32.2. The molecule has 7 heteroatoms. The maximum absolute atomic E-state index is 13.5. The molecule has 1 aliphatic heterocycles. The number of carbonyl (C=O) groups is 1. The fourth-order valence-corrected chi connectivity index (χ4v) is 4.63. The van der Waals surface area contributed by atoms with Crippen LogP contribution in [0.1, 0.15) is 22.3 Å². The van der Waals surface area contributed by atoms with Crippen LogP contribution in [0.3, 0.4) is 0 Å². The summed E-state index contributed by atoms with van der Waals surface area (Å²) in [5.41, 5.74) is 3.46. The summed E-state index contributed by atoms with van der Waals surface area (Å²) in [5, 5.41) is 0. The topological polar surface area (TPSA) is 62.2 Å². The van der Waals surface area contributed by atoms with Gasteiger partial charge in [-0.25, -0.2) is 9.97 Å². The summed E-state index contributed by atoms with van der Waals surface area (Å²) in [6, 6.07) is 19.6. The van der Waals surface area contributed by atoms with Gasteiger partial charge in [-0.15, -0.1) is 11.8 Å². The molecule has 0 N–H and O–H groups in total. The first-order valence-corrected chi connectivity index (χ1v) is 11.6. The minimum atomic E-state index is -0.0464. The van der Waals surface area contributed by atoms with Crippen molar-refractivity contribution in [3.63, 3.8) is 0 Å². The Hall–Kier alpha value is -3.45. The van der Waals surface area contributed by atoms with Crippen molar-refractivity contribution in [3.8, 4) is 0 Å². The number of hydrogen-bond donors (Lipinski definition) is 0. The van der Waals surface area contributed by atoms with Gasteiger partial charge in [0.25, 0.3) is 5.91 Å². The first-order valence-electron chi connectivity index (χ1n) is 10.6. The van der Waals surface area contributed by atoms with Gasteiger partial charge >= 0.3 is 0 Å². The van der Waals surface area contributed by atoms with Crippen molar-refractivity contribution >= 4 is 40.3 Å². The Labute approximate surface area is 191 Å². The van der Waals surface area contributed by atoms with Crippen LogP contribution in [-0.2, 0) is 5.75 Å². The number of fused-ring (bicyclic) bond motifs is 2. The third kappa shape index (κ3) is 4.16. The molecular weight excluding hydrogens is 418 g/mol. The number of anilines is 2. The molecule has 0 aliphatic carbocycles. The lowest BCUT2D eigenvalue weighted by atomic mass is 10.2. The van der Waals surface area contributed by atoms with Crippen LogP contribution in [-0.4, -0.2) is 41.0 Å². The predicted octanol–water partition coefficient (Wildman–Crippen LogP) is 4.80. The summed E-state index contributed by atoms with van der Waals surface area (Å²) >= 11 is 1.73. The molecule has 0 unspecified atom stereocenters. The van der Waals surface area contributed by atoms with Gasteiger partial charge in [0.15, 0.2) is 11.6 Å². The van der Waals surface area contributed by atoms with Crippen molar-refractivity contribution < 1.29 is 4.79 Å². The smallest absolute Gasteiger partial charge is 0.259 e. The quantitative estimate of drug-likeness (QED) is 0.424. The zero-order valence-corrected chi connectivity index (χ0v) is 18.6. The maximum atomic E-state index is 13.5. The van der Waals surface area contributed by atoms with E-state index in [2.05, 4.69) is 16.0 Å². The lowest BCUT2D eigenvalue weighted by Gasteiger charge is -2.23. The van der Waals surface area contributed by atoms with Gasteiger partial charge in [0.1, 0.15) is 0 Å². The number of rotatable bonds is 4. The van der Waals surface area contributed by atoms with Gasteiger partial charge in [-0.1, -0.05) is 18.2 Å². The van der Waals surface area contributed by atoms with E-state index in [1.54, 1.807) is 22.9 Å². The highest BCUT2D eigenvalue weighted by molar-refractivity contribution is 7.98. The van der Waals surface area contributed by atoms with E-state index in [0.29, 0.717) is 17.9 Å². The molecular formula is C25H23N5OS. The van der Waals surface area contributed by atoms with Crippen LogP contribution in [0, 0.1) is 0 Å². The van der Waals surface area contributed by atoms with Gasteiger partial charge in [0, 0.05) is 48.7 Å². The number of para-hydroxylation sites is 2. The standard InChI is InChI=1S/C25H23N5OS/c1-29-14-5-15-30(24-23(29)27-21-7-2-3-8-22(21)28-24)25(31)19-9-11-20(12-10-19)32-17-18-6-4-13-26-16-18/h2-4,6-13,16H,5,14-15,17H2,1H3. The average Bonchev–Trinajstić information content (AvgIpc) is 3.00. The van der Waals surface area contributed by atoms with Crippen LogP contribution in [0.5, 0.6) is 0 Å². The molecule has 6 nitrogen and oxygen atoms in total. The fraction of sp³-hybridized carbons (Fsp3) is 0.200. The van der Waals surface area contributed by atoms with E-state index in [4.69, 9.17) is 9.97 Å². The molecule has 0 bridgehead atoms. The molecule has 32 heavy (non-hydrogen) atoms. The second kappa shape index (κ2) is 8.96. The van der Waals surface area contributed by atoms with E-state index in [9.17, 15) is 4.79 Å². The zero-order chi connectivity index (χ0) is 21.9. The van der Waals surface area contributed by atoms with Crippen LogP contribution in [0.15, 0.2) is 78.0 Å². The van der Waals surface area contributed by atoms with Crippen molar-refractivity contribution in [3.05, 3.63) is 84.2 Å². The van der Waals surface area contributed by atoms with Gasteiger partial charge in [-0.05, 0) is 54.4 Å². The lowest BCUT2D eigenvalue weighted by molar-refractivity contribution is 0.0986. The highest BCUT2D eigenvalue weighted by atomic mass is 32.2. The molecule has 1 amide bonds. The summed E-state index contributed by atoms with van der Waals surface area (Å²) in [5.74, 6) is 2.17. The minimum absolute atomic E-state index is 0.0464. The largest absolute Gasteiger partial charge is 0.357 e. The van der Waals surface area contributed by atoms with E-state index in [0.717, 1.165) is 40.5 Å². The Bertz CT molecular complexity index is 1250. The number of aromatic nitrogens is 3. The van der Waals surface area contributed by atoms with Gasteiger partial charge in [-0.2, -0.15) is 0 Å². The third-order valence-corrected chi connectivity index (χ3v) is 6.58. The SMILES string of the molecule is CN1CCCN(C(=O)c2ccc(SCc3cccnc3)cc2)c2nc3ccccc3nc21. The lowest BCUT2D eigenvalue weighted by Crippen LogP contribution is -2.32. The van der Waals surface area contributed by atoms with E-state index in [1.807, 2.05) is 67.8 Å². The Morgan fingerprint density at radius 1 is 0.938 bits per heavy atom. The van der Waals surface area contributed by atoms with Crippen molar-refractivity contribution in [2.24, 2.45) is 0 Å². The van der Waals surface area contributed by atoms with E-state index >= 15 is 0 Å². The maximum Gasteiger partial charge on any atom is 0.259 e. The van der Waals surface area contributed by atoms with Gasteiger partial charge in [0.2, 0.25) is 0 Å². The number of amides is 1. The third-order valence-electron chi connectivity index (χ3n) is 5.50. The second-order valence-corrected chi connectivity index (χ2v) is 8.81. The normalized spacial score (nSPS) is 13.7. The fourth-order valence-electron chi connectivity index (χ4n) is 3.79. The summed E-state index contributed by atoms with van der Waals surface area (Å²) in [7, 11) is 2.00. The Balaban J connectivity index is 1.40. The molecule has 2 aromatic heterocycles. The molecule has 2 aromatic carbocycles. The predicted molar refractivity (Wildman–Crippen MR) is 129 cm³/mol. The van der Waals surface area contributed by atoms with Gasteiger partial charge in [0.05, 0.1) is 11.0 Å². The molecule has 3 heterocycles. The summed E-state index contributed by atoms with van der Waals surface area (Å²) < 4.78 is 0. The van der Waals surface area contributed by atoms with E-state index < -0.39 is 0 Å². The second-order valence-electron chi connectivity index (χ2n) is 7.77. The molecule has 0 saturated carbocycles. The Kier molecular flexibility index (Phi) is 5.73. The number of benzene rings is 2. The molecule has 4 aromatic rings. The summed E-state index contributed by atoms with van der Waals surface area (Å²) in [6.45, 7) is 1.44. The number of carbonyl (C=O) groups excluding carboxylic acids is 1. The summed E-state index contributed by atoms with van der Waals surface area (Å²) in [6.07, 6.45) is 4.51. The number of pyridine rings is 1. The number of nitrogens with zero attached hydrogens (tertiary/aromatic N) is 5. The van der Waals surface area contributed by atoms with Crippen molar-refractivity contribution in [2.45, 2.75) is 17.1 Å². The molecule has 1 aliphatic rings. The Morgan fingerprint density at radius 3 is 2.41 bits per heavy atom. The molecule has 0 radical (unpaired) electrons.